The minimum Gasteiger partial charge on any atom is -0.352 e. The van der Waals surface area contributed by atoms with E-state index >= 15 is 0 Å². The third-order valence-electron chi connectivity index (χ3n) is 6.72. The lowest BCUT2D eigenvalue weighted by Gasteiger charge is -2.57. The second-order valence-corrected chi connectivity index (χ2v) is 11.3. The lowest BCUT2D eigenvalue weighted by molar-refractivity contribution is -0.0564. The molecule has 4 aliphatic rings. The predicted molar refractivity (Wildman–Crippen MR) is 102 cm³/mol. The number of benzene rings is 1. The molecule has 4 aliphatic carbocycles. The van der Waals surface area contributed by atoms with Crippen molar-refractivity contribution in [2.24, 2.45) is 23.2 Å². The number of hydrogen-bond donors (Lipinski definition) is 1. The van der Waals surface area contributed by atoms with E-state index in [9.17, 15) is 13.2 Å². The van der Waals surface area contributed by atoms with Crippen LogP contribution in [0.25, 0.3) is 0 Å². The second kappa shape index (κ2) is 6.52. The van der Waals surface area contributed by atoms with Gasteiger partial charge in [0.15, 0.2) is 9.84 Å². The molecule has 4 fully saturated rings. The van der Waals surface area contributed by atoms with Gasteiger partial charge in [-0.2, -0.15) is 0 Å². The van der Waals surface area contributed by atoms with Gasteiger partial charge in [0, 0.05) is 12.8 Å². The quantitative estimate of drug-likeness (QED) is 0.816. The zero-order valence-corrected chi connectivity index (χ0v) is 16.7. The molecule has 0 atom stereocenters. The van der Waals surface area contributed by atoms with Gasteiger partial charge in [-0.15, -0.1) is 0 Å². The first-order valence-corrected chi connectivity index (χ1v) is 11.8. The first-order chi connectivity index (χ1) is 12.2. The van der Waals surface area contributed by atoms with E-state index in [0.29, 0.717) is 12.0 Å². The first-order valence-electron chi connectivity index (χ1n) is 9.52. The highest BCUT2D eigenvalue weighted by Gasteiger charge is 2.50. The summed E-state index contributed by atoms with van der Waals surface area (Å²) in [6.07, 6.45) is 10.4. The van der Waals surface area contributed by atoms with Crippen LogP contribution in [-0.4, -0.2) is 27.1 Å². The van der Waals surface area contributed by atoms with Crippen LogP contribution in [0.3, 0.4) is 0 Å². The molecule has 0 aromatic heterocycles. The average Bonchev–Trinajstić information content (AvgIpc) is 2.52. The van der Waals surface area contributed by atoms with Crippen molar-refractivity contribution in [2.45, 2.75) is 49.8 Å². The van der Waals surface area contributed by atoms with Gasteiger partial charge in [0.2, 0.25) is 0 Å². The molecule has 5 rings (SSSR count). The molecule has 0 radical (unpaired) electrons. The van der Waals surface area contributed by atoms with Crippen molar-refractivity contribution in [3.63, 3.8) is 0 Å². The monoisotopic (exact) mass is 395 g/mol. The largest absolute Gasteiger partial charge is 0.352 e. The van der Waals surface area contributed by atoms with E-state index in [0.717, 1.165) is 30.4 Å². The Kier molecular flexibility index (Phi) is 4.59. The van der Waals surface area contributed by atoms with Crippen LogP contribution in [-0.2, 0) is 9.84 Å². The summed E-state index contributed by atoms with van der Waals surface area (Å²) in [5.74, 6) is 2.42. The van der Waals surface area contributed by atoms with Gasteiger partial charge < -0.3 is 5.32 Å². The normalized spacial score (nSPS) is 32.6. The van der Waals surface area contributed by atoms with E-state index in [4.69, 9.17) is 11.6 Å². The van der Waals surface area contributed by atoms with E-state index in [2.05, 4.69) is 5.32 Å². The number of sulfone groups is 1. The summed E-state index contributed by atoms with van der Waals surface area (Å²) in [4.78, 5) is 12.7. The Labute approximate surface area is 160 Å². The summed E-state index contributed by atoms with van der Waals surface area (Å²) < 4.78 is 23.4. The van der Waals surface area contributed by atoms with Gasteiger partial charge in [-0.25, -0.2) is 8.42 Å². The third-order valence-corrected chi connectivity index (χ3v) is 8.16. The van der Waals surface area contributed by atoms with Crippen LogP contribution >= 0.6 is 11.6 Å². The van der Waals surface area contributed by atoms with Crippen molar-refractivity contribution in [3.8, 4) is 0 Å². The molecular weight excluding hydrogens is 370 g/mol. The van der Waals surface area contributed by atoms with E-state index < -0.39 is 9.84 Å². The lowest BCUT2D eigenvalue weighted by atomic mass is 9.49. The predicted octanol–water partition coefficient (Wildman–Crippen LogP) is 4.08. The summed E-state index contributed by atoms with van der Waals surface area (Å²) >= 11 is 6.12. The Balaban J connectivity index is 1.40. The number of nitrogens with one attached hydrogen (secondary N) is 1. The molecule has 0 aliphatic heterocycles. The van der Waals surface area contributed by atoms with Gasteiger partial charge >= 0.3 is 0 Å². The topological polar surface area (TPSA) is 63.2 Å². The number of amides is 1. The van der Waals surface area contributed by atoms with Crippen LogP contribution in [0.2, 0.25) is 5.02 Å². The van der Waals surface area contributed by atoms with Crippen molar-refractivity contribution < 1.29 is 13.2 Å². The van der Waals surface area contributed by atoms with Crippen molar-refractivity contribution in [3.05, 3.63) is 28.8 Å². The maximum atomic E-state index is 12.5. The van der Waals surface area contributed by atoms with Crippen LogP contribution in [0.5, 0.6) is 0 Å². The molecule has 1 aromatic rings. The Hall–Kier alpha value is -1.07. The van der Waals surface area contributed by atoms with E-state index in [1.165, 1.54) is 56.7 Å². The summed E-state index contributed by atoms with van der Waals surface area (Å²) in [5, 5.41) is 3.26. The fourth-order valence-electron chi connectivity index (χ4n) is 6.04. The fourth-order valence-corrected chi connectivity index (χ4v) is 6.89. The third kappa shape index (κ3) is 3.53. The standard InChI is InChI=1S/C20H26ClNO3S/c1-26(24,25)16-2-3-18(21)17(9-16)19(23)22-5-4-20-10-13-6-14(11-20)8-15(7-13)12-20/h2-3,9,13-15H,4-8,10-12H2,1H3,(H,22,23). The minimum absolute atomic E-state index is 0.119. The van der Waals surface area contributed by atoms with E-state index in [-0.39, 0.29) is 21.4 Å². The molecule has 26 heavy (non-hydrogen) atoms. The van der Waals surface area contributed by atoms with Crippen molar-refractivity contribution >= 4 is 27.3 Å². The molecule has 1 aromatic carbocycles. The molecular formula is C20H26ClNO3S. The highest BCUT2D eigenvalue weighted by atomic mass is 35.5. The van der Waals surface area contributed by atoms with Crippen LogP contribution < -0.4 is 5.32 Å². The van der Waals surface area contributed by atoms with Crippen LogP contribution in [0.1, 0.15) is 55.3 Å². The molecule has 0 unspecified atom stereocenters. The summed E-state index contributed by atoms with van der Waals surface area (Å²) in [6.45, 7) is 0.629. The molecule has 4 nitrogen and oxygen atoms in total. The number of carbonyl (C=O) groups excluding carboxylic acids is 1. The summed E-state index contributed by atoms with van der Waals surface area (Å²) in [6, 6.07) is 4.29. The molecule has 4 bridgehead atoms. The smallest absolute Gasteiger partial charge is 0.252 e. The van der Waals surface area contributed by atoms with Gasteiger partial charge in [-0.1, -0.05) is 11.6 Å². The molecule has 0 spiro atoms. The minimum atomic E-state index is -3.37. The number of halogens is 1. The van der Waals surface area contributed by atoms with Gasteiger partial charge in [-0.3, -0.25) is 4.79 Å². The number of hydrogen-bond acceptors (Lipinski definition) is 3. The highest BCUT2D eigenvalue weighted by molar-refractivity contribution is 7.90. The van der Waals surface area contributed by atoms with Gasteiger partial charge in [0.25, 0.3) is 5.91 Å². The zero-order chi connectivity index (χ0) is 18.5. The maximum absolute atomic E-state index is 12.5. The number of carbonyl (C=O) groups is 1. The van der Waals surface area contributed by atoms with Gasteiger partial charge in [0.05, 0.1) is 15.5 Å². The Morgan fingerprint density at radius 3 is 2.27 bits per heavy atom. The summed E-state index contributed by atoms with van der Waals surface area (Å²) in [5.41, 5.74) is 0.653. The Morgan fingerprint density at radius 2 is 1.73 bits per heavy atom. The molecule has 1 amide bonds. The Morgan fingerprint density at radius 1 is 1.15 bits per heavy atom. The molecule has 6 heteroatoms. The SMILES string of the molecule is CS(=O)(=O)c1ccc(Cl)c(C(=O)NCCC23CC4CC(CC(C4)C2)C3)c1. The Bertz CT molecular complexity index is 798. The van der Waals surface area contributed by atoms with Crippen molar-refractivity contribution in [1.29, 1.82) is 0 Å². The lowest BCUT2D eigenvalue weighted by Crippen LogP contribution is -2.47. The second-order valence-electron chi connectivity index (χ2n) is 8.84. The van der Waals surface area contributed by atoms with Crippen LogP contribution in [0.15, 0.2) is 23.1 Å². The molecule has 142 valence electrons. The van der Waals surface area contributed by atoms with Crippen LogP contribution in [0, 0.1) is 23.2 Å². The maximum Gasteiger partial charge on any atom is 0.252 e. The van der Waals surface area contributed by atoms with Crippen molar-refractivity contribution in [1.82, 2.24) is 5.32 Å². The molecule has 4 saturated carbocycles. The van der Waals surface area contributed by atoms with Gasteiger partial charge in [-0.05, 0) is 86.3 Å². The summed E-state index contributed by atoms with van der Waals surface area (Å²) in [7, 11) is -3.37. The van der Waals surface area contributed by atoms with Crippen molar-refractivity contribution in [2.75, 3.05) is 12.8 Å². The number of rotatable bonds is 5. The molecule has 0 heterocycles. The zero-order valence-electron chi connectivity index (χ0n) is 15.1. The fraction of sp³-hybridized carbons (Fsp3) is 0.650. The molecule has 0 saturated heterocycles. The van der Waals surface area contributed by atoms with E-state index in [1.807, 2.05) is 0 Å². The van der Waals surface area contributed by atoms with Gasteiger partial charge in [0.1, 0.15) is 0 Å². The first kappa shape index (κ1) is 18.3. The van der Waals surface area contributed by atoms with Crippen LogP contribution in [0.4, 0.5) is 0 Å². The van der Waals surface area contributed by atoms with E-state index in [1.54, 1.807) is 0 Å². The average molecular weight is 396 g/mol. The molecule has 1 N–H and O–H groups in total. The highest BCUT2D eigenvalue weighted by Crippen LogP contribution is 2.61.